The highest BCUT2D eigenvalue weighted by molar-refractivity contribution is 6.40. The van der Waals surface area contributed by atoms with Gasteiger partial charge in [0.2, 0.25) is 5.91 Å². The topological polar surface area (TPSA) is 53.0 Å². The molecule has 110 valence electrons. The van der Waals surface area contributed by atoms with E-state index in [9.17, 15) is 9.59 Å². The number of para-hydroxylation sites is 1. The third kappa shape index (κ3) is 2.68. The van der Waals surface area contributed by atoms with Crippen LogP contribution in [-0.4, -0.2) is 35.5 Å². The molecule has 1 aromatic carbocycles. The molecule has 1 aromatic rings. The van der Waals surface area contributed by atoms with Crippen molar-refractivity contribution in [3.05, 3.63) is 29.8 Å². The Hall–Kier alpha value is -2.17. The first-order valence-electron chi connectivity index (χ1n) is 7.42. The van der Waals surface area contributed by atoms with Crippen LogP contribution in [0.1, 0.15) is 31.2 Å². The summed E-state index contributed by atoms with van der Waals surface area (Å²) in [5.41, 5.74) is 2.23. The van der Waals surface area contributed by atoms with Gasteiger partial charge in [0.15, 0.2) is 0 Å². The van der Waals surface area contributed by atoms with Crippen LogP contribution in [0.15, 0.2) is 29.4 Å². The van der Waals surface area contributed by atoms with Gasteiger partial charge in [0.05, 0.1) is 5.69 Å². The number of carbonyl (C=O) groups is 2. The molecule has 3 rings (SSSR count). The van der Waals surface area contributed by atoms with Crippen LogP contribution in [0.25, 0.3) is 0 Å². The van der Waals surface area contributed by atoms with Crippen LogP contribution in [0.4, 0.5) is 5.69 Å². The van der Waals surface area contributed by atoms with E-state index in [1.165, 1.54) is 5.01 Å². The van der Waals surface area contributed by atoms with E-state index in [0.717, 1.165) is 37.2 Å². The third-order valence-electron chi connectivity index (χ3n) is 4.02. The number of hydrogen-bond acceptors (Lipinski definition) is 3. The Morgan fingerprint density at radius 3 is 2.57 bits per heavy atom. The monoisotopic (exact) mass is 285 g/mol. The van der Waals surface area contributed by atoms with E-state index in [0.29, 0.717) is 18.6 Å². The molecule has 1 fully saturated rings. The van der Waals surface area contributed by atoms with Crippen molar-refractivity contribution in [3.8, 4) is 0 Å². The predicted molar refractivity (Wildman–Crippen MR) is 81.1 cm³/mol. The molecule has 0 aliphatic carbocycles. The molecule has 2 aliphatic rings. The van der Waals surface area contributed by atoms with Gasteiger partial charge in [-0.05, 0) is 31.4 Å². The highest BCUT2D eigenvalue weighted by Gasteiger charge is 2.29. The minimum atomic E-state index is -0.0535. The summed E-state index contributed by atoms with van der Waals surface area (Å²) in [6.07, 6.45) is 2.89. The van der Waals surface area contributed by atoms with E-state index in [1.54, 1.807) is 0 Å². The molecule has 0 N–H and O–H groups in total. The number of nitrogens with zero attached hydrogens (tertiary/aromatic N) is 3. The average Bonchev–Trinajstić information content (AvgIpc) is 3.02. The van der Waals surface area contributed by atoms with Crippen LogP contribution < -0.4 is 5.01 Å². The molecular formula is C16H19N3O2. The molecule has 0 bridgehead atoms. The van der Waals surface area contributed by atoms with E-state index in [2.05, 4.69) is 5.10 Å². The van der Waals surface area contributed by atoms with Gasteiger partial charge in [0.25, 0.3) is 5.91 Å². The lowest BCUT2D eigenvalue weighted by Gasteiger charge is -2.26. The van der Waals surface area contributed by atoms with E-state index in [1.807, 2.05) is 36.1 Å². The number of rotatable bonds is 2. The van der Waals surface area contributed by atoms with Crippen molar-refractivity contribution in [2.24, 2.45) is 5.10 Å². The highest BCUT2D eigenvalue weighted by Crippen LogP contribution is 2.24. The van der Waals surface area contributed by atoms with Crippen molar-refractivity contribution >= 4 is 23.2 Å². The van der Waals surface area contributed by atoms with E-state index in [-0.39, 0.29) is 11.8 Å². The molecule has 2 heterocycles. The Bertz CT molecular complexity index is 603. The zero-order chi connectivity index (χ0) is 14.8. The largest absolute Gasteiger partial charge is 0.338 e. The fraction of sp³-hybridized carbons (Fsp3) is 0.438. The number of aryl methyl sites for hydroxylation is 1. The summed E-state index contributed by atoms with van der Waals surface area (Å²) in [6.45, 7) is 3.54. The van der Waals surface area contributed by atoms with Gasteiger partial charge in [0.1, 0.15) is 5.71 Å². The summed E-state index contributed by atoms with van der Waals surface area (Å²) in [5, 5.41) is 5.74. The van der Waals surface area contributed by atoms with Gasteiger partial charge < -0.3 is 4.90 Å². The van der Waals surface area contributed by atoms with Crippen molar-refractivity contribution in [1.82, 2.24) is 4.90 Å². The van der Waals surface area contributed by atoms with Crippen molar-refractivity contribution < 1.29 is 9.59 Å². The summed E-state index contributed by atoms with van der Waals surface area (Å²) >= 11 is 0. The fourth-order valence-corrected chi connectivity index (χ4v) is 2.80. The second-order valence-electron chi connectivity index (χ2n) is 5.54. The number of anilines is 1. The molecule has 0 spiro atoms. The summed E-state index contributed by atoms with van der Waals surface area (Å²) in [6, 6.07) is 7.60. The molecule has 5 heteroatoms. The summed E-state index contributed by atoms with van der Waals surface area (Å²) in [7, 11) is 0. The number of carbonyl (C=O) groups excluding carboxylic acids is 2. The lowest BCUT2D eigenvalue weighted by Crippen LogP contribution is -2.40. The normalized spacial score (nSPS) is 18.9. The lowest BCUT2D eigenvalue weighted by atomic mass is 10.1. The Kier molecular flexibility index (Phi) is 3.73. The third-order valence-corrected chi connectivity index (χ3v) is 4.02. The zero-order valence-corrected chi connectivity index (χ0v) is 12.2. The molecule has 0 aromatic heterocycles. The number of likely N-dealkylation sites (tertiary alicyclic amines) is 1. The Labute approximate surface area is 124 Å². The summed E-state index contributed by atoms with van der Waals surface area (Å²) in [5.74, 6) is -0.0687. The highest BCUT2D eigenvalue weighted by atomic mass is 16.2. The molecule has 1 saturated heterocycles. The van der Waals surface area contributed by atoms with Gasteiger partial charge in [-0.3, -0.25) is 9.59 Å². The first-order chi connectivity index (χ1) is 10.2. The Balaban J connectivity index is 1.89. The average molecular weight is 285 g/mol. The standard InChI is InChI=1S/C16H19N3O2/c1-12-6-2-3-7-14(12)19-15(20)9-8-13(17-19)16(21)18-10-4-5-11-18/h2-3,6-7H,4-5,8-11H2,1H3. The molecule has 0 radical (unpaired) electrons. The maximum absolute atomic E-state index is 12.4. The Morgan fingerprint density at radius 2 is 1.86 bits per heavy atom. The predicted octanol–water partition coefficient (Wildman–Crippen LogP) is 2.10. The molecule has 2 aliphatic heterocycles. The van der Waals surface area contributed by atoms with Crippen LogP contribution in [-0.2, 0) is 9.59 Å². The number of amides is 2. The van der Waals surface area contributed by atoms with Gasteiger partial charge in [-0.15, -0.1) is 0 Å². The van der Waals surface area contributed by atoms with Crippen molar-refractivity contribution in [3.63, 3.8) is 0 Å². The van der Waals surface area contributed by atoms with Gasteiger partial charge in [-0.1, -0.05) is 18.2 Å². The second kappa shape index (κ2) is 5.68. The fourth-order valence-electron chi connectivity index (χ4n) is 2.80. The molecule has 0 atom stereocenters. The zero-order valence-electron chi connectivity index (χ0n) is 12.2. The van der Waals surface area contributed by atoms with Crippen molar-refractivity contribution in [2.75, 3.05) is 18.1 Å². The minimum Gasteiger partial charge on any atom is -0.338 e. The van der Waals surface area contributed by atoms with Crippen LogP contribution in [0.5, 0.6) is 0 Å². The summed E-state index contributed by atoms with van der Waals surface area (Å²) in [4.78, 5) is 26.4. The van der Waals surface area contributed by atoms with Crippen molar-refractivity contribution in [1.29, 1.82) is 0 Å². The number of benzene rings is 1. The van der Waals surface area contributed by atoms with Crippen LogP contribution in [0.3, 0.4) is 0 Å². The molecule has 21 heavy (non-hydrogen) atoms. The van der Waals surface area contributed by atoms with Crippen LogP contribution >= 0.6 is 0 Å². The van der Waals surface area contributed by atoms with Gasteiger partial charge in [-0.2, -0.15) is 5.10 Å². The molecule has 5 nitrogen and oxygen atoms in total. The minimum absolute atomic E-state index is 0.0152. The van der Waals surface area contributed by atoms with E-state index in [4.69, 9.17) is 0 Å². The van der Waals surface area contributed by atoms with Gasteiger partial charge in [-0.25, -0.2) is 5.01 Å². The number of hydrogen-bond donors (Lipinski definition) is 0. The lowest BCUT2D eigenvalue weighted by molar-refractivity contribution is -0.123. The van der Waals surface area contributed by atoms with Crippen LogP contribution in [0.2, 0.25) is 0 Å². The first-order valence-corrected chi connectivity index (χ1v) is 7.42. The smallest absolute Gasteiger partial charge is 0.270 e. The molecular weight excluding hydrogens is 266 g/mol. The molecule has 2 amide bonds. The Morgan fingerprint density at radius 1 is 1.14 bits per heavy atom. The van der Waals surface area contributed by atoms with Gasteiger partial charge in [0, 0.05) is 25.9 Å². The van der Waals surface area contributed by atoms with Crippen LogP contribution in [0, 0.1) is 6.92 Å². The van der Waals surface area contributed by atoms with Gasteiger partial charge >= 0.3 is 0 Å². The van der Waals surface area contributed by atoms with Crippen molar-refractivity contribution in [2.45, 2.75) is 32.6 Å². The quantitative estimate of drug-likeness (QED) is 0.835. The maximum atomic E-state index is 12.4. The molecule has 0 saturated carbocycles. The first kappa shape index (κ1) is 13.8. The van der Waals surface area contributed by atoms with E-state index < -0.39 is 0 Å². The molecule has 0 unspecified atom stereocenters. The maximum Gasteiger partial charge on any atom is 0.270 e. The van der Waals surface area contributed by atoms with E-state index >= 15 is 0 Å². The number of hydrazone groups is 1. The SMILES string of the molecule is Cc1ccccc1N1N=C(C(=O)N2CCCC2)CCC1=O. The summed E-state index contributed by atoms with van der Waals surface area (Å²) < 4.78 is 0. The second-order valence-corrected chi connectivity index (χ2v) is 5.54.